The Labute approximate surface area is 74.1 Å². The van der Waals surface area contributed by atoms with E-state index in [-0.39, 0.29) is 0 Å². The molecule has 0 aromatic heterocycles. The maximum atomic E-state index is 3.79. The maximum absolute atomic E-state index is 3.79. The highest BCUT2D eigenvalue weighted by Gasteiger charge is 1.92. The first kappa shape index (κ1) is 8.85. The molecule has 0 fully saturated rings. The molecule has 0 amide bonds. The number of hydrogen-bond acceptors (Lipinski definition) is 1. The molecule has 1 aromatic rings. The molecule has 1 N–H and O–H groups in total. The van der Waals surface area contributed by atoms with Crippen LogP contribution >= 0.6 is 0 Å². The van der Waals surface area contributed by atoms with Gasteiger partial charge in [0.15, 0.2) is 0 Å². The first-order chi connectivity index (χ1) is 5.72. The quantitative estimate of drug-likeness (QED) is 0.717. The van der Waals surface area contributed by atoms with Crippen molar-refractivity contribution in [1.82, 2.24) is 0 Å². The van der Waals surface area contributed by atoms with Gasteiger partial charge in [0.05, 0.1) is 0 Å². The molecular formula is C11H15N. The molecule has 0 aliphatic rings. The van der Waals surface area contributed by atoms with Crippen LogP contribution in [-0.4, -0.2) is 0 Å². The first-order valence-corrected chi connectivity index (χ1v) is 4.24. The fourth-order valence-corrected chi connectivity index (χ4v) is 1.12. The van der Waals surface area contributed by atoms with Crippen LogP contribution in [0.3, 0.4) is 0 Å². The van der Waals surface area contributed by atoms with Gasteiger partial charge in [-0.25, -0.2) is 0 Å². The third kappa shape index (κ3) is 2.42. The van der Waals surface area contributed by atoms with Gasteiger partial charge in [0, 0.05) is 11.4 Å². The Morgan fingerprint density at radius 3 is 2.83 bits per heavy atom. The second-order valence-electron chi connectivity index (χ2n) is 2.96. The van der Waals surface area contributed by atoms with Gasteiger partial charge in [0.1, 0.15) is 0 Å². The highest BCUT2D eigenvalue weighted by Crippen LogP contribution is 2.12. The van der Waals surface area contributed by atoms with E-state index >= 15 is 0 Å². The zero-order valence-electron chi connectivity index (χ0n) is 7.72. The lowest BCUT2D eigenvalue weighted by molar-refractivity contribution is 1.14. The number of benzene rings is 1. The van der Waals surface area contributed by atoms with Crippen molar-refractivity contribution < 1.29 is 0 Å². The minimum atomic E-state index is 0.975. The second-order valence-corrected chi connectivity index (χ2v) is 2.96. The summed E-state index contributed by atoms with van der Waals surface area (Å²) in [6.07, 6.45) is 1.08. The summed E-state index contributed by atoms with van der Waals surface area (Å²) in [6.45, 7) is 7.90. The molecule has 0 saturated carbocycles. The largest absolute Gasteiger partial charge is 0.360 e. The van der Waals surface area contributed by atoms with Crippen molar-refractivity contribution in [2.24, 2.45) is 0 Å². The van der Waals surface area contributed by atoms with E-state index in [2.05, 4.69) is 37.0 Å². The molecule has 12 heavy (non-hydrogen) atoms. The standard InChI is InChI=1S/C11H15N/c1-4-10-6-5-7-11(8-10)12-9(2)3/h5-8,12H,2,4H2,1,3H3. The Hall–Kier alpha value is -1.24. The van der Waals surface area contributed by atoms with Crippen LogP contribution in [0.15, 0.2) is 36.5 Å². The van der Waals surface area contributed by atoms with Gasteiger partial charge in [-0.15, -0.1) is 0 Å². The summed E-state index contributed by atoms with van der Waals surface area (Å²) in [5.74, 6) is 0. The molecule has 0 saturated heterocycles. The number of anilines is 1. The van der Waals surface area contributed by atoms with E-state index in [0.717, 1.165) is 17.8 Å². The lowest BCUT2D eigenvalue weighted by atomic mass is 10.1. The molecule has 1 aromatic carbocycles. The van der Waals surface area contributed by atoms with Gasteiger partial charge in [0.2, 0.25) is 0 Å². The van der Waals surface area contributed by atoms with Crippen molar-refractivity contribution in [3.8, 4) is 0 Å². The van der Waals surface area contributed by atoms with Crippen LogP contribution in [0, 0.1) is 0 Å². The molecule has 1 nitrogen and oxygen atoms in total. The summed E-state index contributed by atoms with van der Waals surface area (Å²) in [5.41, 5.74) is 3.45. The van der Waals surface area contributed by atoms with Crippen molar-refractivity contribution >= 4 is 5.69 Å². The van der Waals surface area contributed by atoms with Crippen LogP contribution in [0.2, 0.25) is 0 Å². The summed E-state index contributed by atoms with van der Waals surface area (Å²) in [4.78, 5) is 0. The Morgan fingerprint density at radius 2 is 2.25 bits per heavy atom. The normalized spacial score (nSPS) is 9.50. The molecule has 64 valence electrons. The van der Waals surface area contributed by atoms with Gasteiger partial charge in [-0.05, 0) is 31.0 Å². The van der Waals surface area contributed by atoms with Gasteiger partial charge in [-0.1, -0.05) is 25.6 Å². The average Bonchev–Trinajstić information content (AvgIpc) is 2.03. The molecule has 0 aliphatic heterocycles. The molecule has 0 radical (unpaired) electrons. The zero-order chi connectivity index (χ0) is 8.97. The van der Waals surface area contributed by atoms with E-state index in [1.54, 1.807) is 0 Å². The third-order valence-electron chi connectivity index (χ3n) is 1.69. The van der Waals surface area contributed by atoms with Crippen LogP contribution in [0.5, 0.6) is 0 Å². The lowest BCUT2D eigenvalue weighted by Gasteiger charge is -2.05. The highest BCUT2D eigenvalue weighted by molar-refractivity contribution is 5.49. The van der Waals surface area contributed by atoms with Gasteiger partial charge in [0.25, 0.3) is 0 Å². The van der Waals surface area contributed by atoms with E-state index in [4.69, 9.17) is 0 Å². The van der Waals surface area contributed by atoms with Gasteiger partial charge >= 0.3 is 0 Å². The fourth-order valence-electron chi connectivity index (χ4n) is 1.12. The lowest BCUT2D eigenvalue weighted by Crippen LogP contribution is -1.93. The Bertz CT molecular complexity index is 276. The predicted octanol–water partition coefficient (Wildman–Crippen LogP) is 3.19. The van der Waals surface area contributed by atoms with Crippen molar-refractivity contribution in [2.45, 2.75) is 20.3 Å². The van der Waals surface area contributed by atoms with Crippen LogP contribution in [-0.2, 0) is 6.42 Å². The van der Waals surface area contributed by atoms with Gasteiger partial charge < -0.3 is 5.32 Å². The zero-order valence-corrected chi connectivity index (χ0v) is 7.72. The summed E-state index contributed by atoms with van der Waals surface area (Å²) >= 11 is 0. The summed E-state index contributed by atoms with van der Waals surface area (Å²) < 4.78 is 0. The highest BCUT2D eigenvalue weighted by atomic mass is 14.9. The van der Waals surface area contributed by atoms with Gasteiger partial charge in [-0.2, -0.15) is 0 Å². The van der Waals surface area contributed by atoms with E-state index in [1.165, 1.54) is 5.56 Å². The summed E-state index contributed by atoms with van der Waals surface area (Å²) in [5, 5.41) is 3.18. The van der Waals surface area contributed by atoms with Crippen LogP contribution in [0.4, 0.5) is 5.69 Å². The minimum Gasteiger partial charge on any atom is -0.360 e. The minimum absolute atomic E-state index is 0.975. The number of nitrogens with one attached hydrogen (secondary N) is 1. The van der Waals surface area contributed by atoms with Gasteiger partial charge in [-0.3, -0.25) is 0 Å². The van der Waals surface area contributed by atoms with Crippen molar-refractivity contribution in [3.63, 3.8) is 0 Å². The smallest absolute Gasteiger partial charge is 0.0384 e. The second kappa shape index (κ2) is 3.96. The van der Waals surface area contributed by atoms with E-state index < -0.39 is 0 Å². The number of aryl methyl sites for hydroxylation is 1. The fraction of sp³-hybridized carbons (Fsp3) is 0.273. The predicted molar refractivity (Wildman–Crippen MR) is 54.3 cm³/mol. The Kier molecular flexibility index (Phi) is 2.92. The molecule has 0 unspecified atom stereocenters. The number of rotatable bonds is 3. The van der Waals surface area contributed by atoms with E-state index in [0.29, 0.717) is 0 Å². The molecule has 0 aliphatic carbocycles. The summed E-state index contributed by atoms with van der Waals surface area (Å²) in [6, 6.07) is 8.39. The maximum Gasteiger partial charge on any atom is 0.0384 e. The first-order valence-electron chi connectivity index (χ1n) is 4.24. The molecule has 0 spiro atoms. The third-order valence-corrected chi connectivity index (χ3v) is 1.69. The van der Waals surface area contributed by atoms with E-state index in [1.807, 2.05) is 13.0 Å². The number of hydrogen-bond donors (Lipinski definition) is 1. The Balaban J connectivity index is 2.79. The topological polar surface area (TPSA) is 12.0 Å². The molecule has 1 heteroatoms. The van der Waals surface area contributed by atoms with Crippen LogP contribution in [0.25, 0.3) is 0 Å². The van der Waals surface area contributed by atoms with Crippen molar-refractivity contribution in [3.05, 3.63) is 42.1 Å². The SMILES string of the molecule is C=C(C)Nc1cccc(CC)c1. The van der Waals surface area contributed by atoms with Crippen LogP contribution < -0.4 is 5.32 Å². The summed E-state index contributed by atoms with van der Waals surface area (Å²) in [7, 11) is 0. The molecule has 1 rings (SSSR count). The van der Waals surface area contributed by atoms with Crippen molar-refractivity contribution in [1.29, 1.82) is 0 Å². The van der Waals surface area contributed by atoms with Crippen LogP contribution in [0.1, 0.15) is 19.4 Å². The monoisotopic (exact) mass is 161 g/mol. The Morgan fingerprint density at radius 1 is 1.50 bits per heavy atom. The average molecular weight is 161 g/mol. The number of allylic oxidation sites excluding steroid dienone is 1. The molecule has 0 atom stereocenters. The molecule has 0 bridgehead atoms. The van der Waals surface area contributed by atoms with Crippen molar-refractivity contribution in [2.75, 3.05) is 5.32 Å². The molecular weight excluding hydrogens is 146 g/mol. The van der Waals surface area contributed by atoms with E-state index in [9.17, 15) is 0 Å². The molecule has 0 heterocycles.